The predicted octanol–water partition coefficient (Wildman–Crippen LogP) is -0.960. The Balaban J connectivity index is -0.00000108. The van der Waals surface area contributed by atoms with Crippen LogP contribution in [0.2, 0.25) is 0 Å². The molecule has 0 saturated heterocycles. The number of likely N-dealkylation sites (N-methyl/N-ethyl adjacent to an activating group) is 1. The number of hydrogen-bond donors (Lipinski definition) is 2. The van der Waals surface area contributed by atoms with Gasteiger partial charge in [0.2, 0.25) is 0 Å². The van der Waals surface area contributed by atoms with Crippen LogP contribution < -0.4 is 4.90 Å². The number of aryl methyl sites for hydroxylation is 1. The van der Waals surface area contributed by atoms with E-state index in [1.165, 1.54) is 0 Å². The summed E-state index contributed by atoms with van der Waals surface area (Å²) in [6.07, 6.45) is -1.11. The van der Waals surface area contributed by atoms with E-state index < -0.39 is 22.0 Å². The van der Waals surface area contributed by atoms with Crippen molar-refractivity contribution in [2.45, 2.75) is 20.0 Å². The second kappa shape index (κ2) is 11.4. The standard InChI is InChI=1S/C12H19NO4S.Na.2H2O/c1-3-13(8-12(14)9-18(15,16)17)11-6-4-5-10(2)7-11;;;/h4-7,12,14H,3,8-9H2,1-2H3,(H,15,16,17);;2*1H2. The number of aliphatic hydroxyl groups is 1. The molecule has 1 aromatic rings. The largest absolute Gasteiger partial charge is 0.412 e. The molecule has 0 fully saturated rings. The minimum absolute atomic E-state index is 0. The first-order valence-electron chi connectivity index (χ1n) is 5.76. The molecule has 1 aromatic carbocycles. The van der Waals surface area contributed by atoms with Crippen molar-refractivity contribution in [2.75, 3.05) is 23.7 Å². The van der Waals surface area contributed by atoms with Gasteiger partial charge >= 0.3 is 0 Å². The van der Waals surface area contributed by atoms with Crippen LogP contribution in [0, 0.1) is 6.92 Å². The quantitative estimate of drug-likeness (QED) is 0.510. The third kappa shape index (κ3) is 10.2. The van der Waals surface area contributed by atoms with Crippen LogP contribution in [0.4, 0.5) is 5.69 Å². The summed E-state index contributed by atoms with van der Waals surface area (Å²) >= 11 is 0. The molecule has 119 valence electrons. The smallest absolute Gasteiger partial charge is 0.267 e. The third-order valence-electron chi connectivity index (χ3n) is 2.58. The van der Waals surface area contributed by atoms with Crippen molar-refractivity contribution in [3.05, 3.63) is 29.8 Å². The molecule has 7 nitrogen and oxygen atoms in total. The summed E-state index contributed by atoms with van der Waals surface area (Å²) in [5, 5.41) is 9.64. The average molecular weight is 332 g/mol. The van der Waals surface area contributed by atoms with Crippen molar-refractivity contribution >= 4 is 45.4 Å². The summed E-state index contributed by atoms with van der Waals surface area (Å²) < 4.78 is 30.0. The van der Waals surface area contributed by atoms with Gasteiger partial charge in [0, 0.05) is 48.3 Å². The van der Waals surface area contributed by atoms with Crippen LogP contribution in [0.15, 0.2) is 24.3 Å². The first-order chi connectivity index (χ1) is 8.31. The Kier molecular flexibility index (Phi) is 14.0. The van der Waals surface area contributed by atoms with E-state index in [0.717, 1.165) is 11.3 Å². The maximum Gasteiger partial charge on any atom is 0.267 e. The number of benzene rings is 1. The maximum atomic E-state index is 10.7. The Labute approximate surface area is 147 Å². The minimum Gasteiger partial charge on any atom is -0.412 e. The van der Waals surface area contributed by atoms with Gasteiger partial charge in [0.1, 0.15) is 5.75 Å². The molecule has 0 bridgehead atoms. The summed E-state index contributed by atoms with van der Waals surface area (Å²) in [5.74, 6) is -0.644. The molecule has 9 heteroatoms. The fourth-order valence-electron chi connectivity index (χ4n) is 1.79. The summed E-state index contributed by atoms with van der Waals surface area (Å²) in [7, 11) is -4.14. The van der Waals surface area contributed by atoms with Gasteiger partial charge in [-0.15, -0.1) is 0 Å². The van der Waals surface area contributed by atoms with Crippen LogP contribution >= 0.6 is 0 Å². The molecule has 1 unspecified atom stereocenters. The van der Waals surface area contributed by atoms with Crippen molar-refractivity contribution in [2.24, 2.45) is 0 Å². The van der Waals surface area contributed by atoms with Crippen molar-refractivity contribution in [1.29, 1.82) is 0 Å². The molecule has 0 heterocycles. The van der Waals surface area contributed by atoms with E-state index in [1.807, 2.05) is 43.0 Å². The van der Waals surface area contributed by atoms with E-state index in [0.29, 0.717) is 6.54 Å². The van der Waals surface area contributed by atoms with Crippen LogP contribution in [-0.4, -0.2) is 83.5 Å². The molecule has 0 aromatic heterocycles. The van der Waals surface area contributed by atoms with Crippen LogP contribution in [0.3, 0.4) is 0 Å². The molecule has 1 rings (SSSR count). The summed E-state index contributed by atoms with van der Waals surface area (Å²) in [6, 6.07) is 7.73. The van der Waals surface area contributed by atoms with Gasteiger partial charge in [-0.25, -0.2) is 0 Å². The molecule has 0 saturated carbocycles. The summed E-state index contributed by atoms with van der Waals surface area (Å²) in [6.45, 7) is 4.69. The van der Waals surface area contributed by atoms with E-state index >= 15 is 0 Å². The molecule has 21 heavy (non-hydrogen) atoms. The second-order valence-corrected chi connectivity index (χ2v) is 5.78. The Morgan fingerprint density at radius 2 is 1.86 bits per heavy atom. The Morgan fingerprint density at radius 1 is 1.29 bits per heavy atom. The molecular weight excluding hydrogens is 309 g/mol. The fraction of sp³-hybridized carbons (Fsp3) is 0.500. The maximum absolute atomic E-state index is 10.7. The van der Waals surface area contributed by atoms with Gasteiger partial charge < -0.3 is 21.0 Å². The van der Waals surface area contributed by atoms with Crippen LogP contribution in [0.5, 0.6) is 0 Å². The van der Waals surface area contributed by atoms with E-state index in [2.05, 4.69) is 0 Å². The van der Waals surface area contributed by atoms with Crippen LogP contribution in [0.25, 0.3) is 0 Å². The van der Waals surface area contributed by atoms with Crippen molar-refractivity contribution in [3.8, 4) is 0 Å². The second-order valence-electron chi connectivity index (χ2n) is 4.28. The number of rotatable bonds is 6. The first kappa shape index (κ1) is 25.7. The molecule has 0 aliphatic heterocycles. The van der Waals surface area contributed by atoms with Gasteiger partial charge in [0.25, 0.3) is 10.1 Å². The average Bonchev–Trinajstić information content (AvgIpc) is 2.23. The van der Waals surface area contributed by atoms with Gasteiger partial charge in [0.05, 0.1) is 6.10 Å². The van der Waals surface area contributed by atoms with Crippen LogP contribution in [-0.2, 0) is 10.1 Å². The van der Waals surface area contributed by atoms with Gasteiger partial charge in [-0.3, -0.25) is 4.55 Å². The zero-order valence-corrected chi connectivity index (χ0v) is 15.4. The number of anilines is 1. The molecule has 0 aliphatic carbocycles. The van der Waals surface area contributed by atoms with E-state index in [1.54, 1.807) is 0 Å². The normalized spacial score (nSPS) is 11.4. The van der Waals surface area contributed by atoms with E-state index in [4.69, 9.17) is 4.55 Å². The summed E-state index contributed by atoms with van der Waals surface area (Å²) in [5.41, 5.74) is 2.02. The first-order valence-corrected chi connectivity index (χ1v) is 7.37. The predicted molar refractivity (Wildman–Crippen MR) is 84.5 cm³/mol. The van der Waals surface area contributed by atoms with Gasteiger partial charge in [0.15, 0.2) is 0 Å². The summed E-state index contributed by atoms with van der Waals surface area (Å²) in [4.78, 5) is 1.86. The topological polar surface area (TPSA) is 141 Å². The molecule has 1 radical (unpaired) electrons. The zero-order chi connectivity index (χ0) is 13.8. The fourth-order valence-corrected chi connectivity index (χ4v) is 2.38. The number of nitrogens with zero attached hydrogens (tertiary/aromatic N) is 1. The van der Waals surface area contributed by atoms with Gasteiger partial charge in [-0.2, -0.15) is 8.42 Å². The monoisotopic (exact) mass is 332 g/mol. The molecule has 6 N–H and O–H groups in total. The Bertz CT molecular complexity index is 496. The van der Waals surface area contributed by atoms with Crippen molar-refractivity contribution in [3.63, 3.8) is 0 Å². The third-order valence-corrected chi connectivity index (χ3v) is 3.39. The molecule has 0 spiro atoms. The molecule has 0 amide bonds. The minimum atomic E-state index is -4.14. The molecule has 1 atom stereocenters. The van der Waals surface area contributed by atoms with Gasteiger partial charge in [-0.05, 0) is 31.5 Å². The SMILES string of the molecule is CCN(CC(O)CS(=O)(=O)O)c1cccc(C)c1.O.O.[Na]. The molecular formula is C12H23NNaO6S. The number of hydrogen-bond acceptors (Lipinski definition) is 4. The zero-order valence-electron chi connectivity index (χ0n) is 12.6. The van der Waals surface area contributed by atoms with Crippen molar-refractivity contribution < 1.29 is 29.0 Å². The van der Waals surface area contributed by atoms with E-state index in [-0.39, 0.29) is 47.1 Å². The van der Waals surface area contributed by atoms with E-state index in [9.17, 15) is 13.5 Å². The van der Waals surface area contributed by atoms with Crippen molar-refractivity contribution in [1.82, 2.24) is 0 Å². The number of aliphatic hydroxyl groups excluding tert-OH is 1. The molecule has 0 aliphatic rings. The van der Waals surface area contributed by atoms with Crippen LogP contribution in [0.1, 0.15) is 12.5 Å². The van der Waals surface area contributed by atoms with Gasteiger partial charge in [-0.1, -0.05) is 12.1 Å². The Morgan fingerprint density at radius 3 is 2.29 bits per heavy atom. The Hall–Kier alpha value is -0.190.